The smallest absolute Gasteiger partial charge is 0.206 e. The van der Waals surface area contributed by atoms with Crippen molar-refractivity contribution in [3.05, 3.63) is 28.7 Å². The Morgan fingerprint density at radius 3 is 3.09 bits per heavy atom. The van der Waals surface area contributed by atoms with Crippen molar-refractivity contribution in [3.63, 3.8) is 0 Å². The number of carbonyl (C=O) groups is 1. The van der Waals surface area contributed by atoms with Gasteiger partial charge in [0.15, 0.2) is 16.0 Å². The second kappa shape index (κ2) is 8.03. The van der Waals surface area contributed by atoms with Crippen LogP contribution in [0.2, 0.25) is 0 Å². The van der Waals surface area contributed by atoms with Crippen LogP contribution in [0.25, 0.3) is 0 Å². The minimum atomic E-state index is -0.808. The third kappa shape index (κ3) is 4.37. The van der Waals surface area contributed by atoms with Gasteiger partial charge in [0.05, 0.1) is 11.8 Å². The van der Waals surface area contributed by atoms with Crippen LogP contribution in [0, 0.1) is 18.3 Å². The summed E-state index contributed by atoms with van der Waals surface area (Å²) in [5, 5.41) is 23.3. The molecule has 0 saturated heterocycles. The van der Waals surface area contributed by atoms with Crippen molar-refractivity contribution in [1.82, 2.24) is 15.2 Å². The maximum atomic E-state index is 12.2. The molecule has 0 aliphatic rings. The molecule has 0 fully saturated rings. The summed E-state index contributed by atoms with van der Waals surface area (Å²) in [7, 11) is 0. The van der Waals surface area contributed by atoms with E-state index in [4.69, 9.17) is 0 Å². The highest BCUT2D eigenvalue weighted by molar-refractivity contribution is 8.01. The van der Waals surface area contributed by atoms with Gasteiger partial charge in [0.25, 0.3) is 0 Å². The first kappa shape index (κ1) is 16.6. The number of carbonyl (C=O) groups excluding carboxylic acids is 1. The molecule has 2 aromatic heterocycles. The number of nitriles is 1. The topological polar surface area (TPSA) is 91.6 Å². The molecular formula is C13H13N5OS3. The van der Waals surface area contributed by atoms with Gasteiger partial charge in [-0.25, -0.2) is 4.98 Å². The summed E-state index contributed by atoms with van der Waals surface area (Å²) in [4.78, 5) is 16.4. The first-order valence-corrected chi connectivity index (χ1v) is 8.97. The van der Waals surface area contributed by atoms with Gasteiger partial charge >= 0.3 is 0 Å². The largest absolute Gasteiger partial charge is 0.357 e. The van der Waals surface area contributed by atoms with E-state index in [1.165, 1.54) is 34.4 Å². The van der Waals surface area contributed by atoms with Crippen molar-refractivity contribution in [3.8, 4) is 6.07 Å². The van der Waals surface area contributed by atoms with Crippen molar-refractivity contribution >= 4 is 45.4 Å². The molecule has 0 unspecified atom stereocenters. The zero-order chi connectivity index (χ0) is 15.9. The highest BCUT2D eigenvalue weighted by Gasteiger charge is 2.23. The van der Waals surface area contributed by atoms with Gasteiger partial charge in [-0.15, -0.1) is 28.1 Å². The second-order valence-corrected chi connectivity index (χ2v) is 7.28. The molecular weight excluding hydrogens is 338 g/mol. The van der Waals surface area contributed by atoms with E-state index in [1.807, 2.05) is 18.4 Å². The lowest BCUT2D eigenvalue weighted by Gasteiger charge is -2.03. The van der Waals surface area contributed by atoms with Gasteiger partial charge in [0.2, 0.25) is 5.13 Å². The number of thiazole rings is 1. The quantitative estimate of drug-likeness (QED) is 0.577. The fraction of sp³-hybridized carbons (Fsp3) is 0.308. The summed E-state index contributed by atoms with van der Waals surface area (Å²) >= 11 is 3.99. The highest BCUT2D eigenvalue weighted by Crippen LogP contribution is 2.28. The molecule has 0 saturated carbocycles. The van der Waals surface area contributed by atoms with E-state index in [0.29, 0.717) is 21.0 Å². The fourth-order valence-corrected chi connectivity index (χ4v) is 4.01. The molecule has 0 aromatic carbocycles. The molecule has 114 valence electrons. The summed E-state index contributed by atoms with van der Waals surface area (Å²) in [6.07, 6.45) is 1.73. The SMILES string of the molecule is C=CCNc1nnc(SCC(=O)[C@H](C#N)c2nc(C)cs2)s1. The lowest BCUT2D eigenvalue weighted by molar-refractivity contribution is -0.116. The molecule has 2 aromatic rings. The van der Waals surface area contributed by atoms with Crippen LogP contribution in [-0.2, 0) is 4.79 Å². The highest BCUT2D eigenvalue weighted by atomic mass is 32.2. The number of hydrogen-bond acceptors (Lipinski definition) is 9. The van der Waals surface area contributed by atoms with Crippen LogP contribution in [0.15, 0.2) is 22.4 Å². The fourth-order valence-electron chi connectivity index (χ4n) is 1.48. The maximum Gasteiger partial charge on any atom is 0.206 e. The van der Waals surface area contributed by atoms with Gasteiger partial charge in [-0.05, 0) is 6.92 Å². The molecule has 2 heterocycles. The van der Waals surface area contributed by atoms with Crippen LogP contribution >= 0.6 is 34.4 Å². The first-order valence-electron chi connectivity index (χ1n) is 6.29. The Hall–Kier alpha value is -1.76. The number of Topliss-reactive ketones (excluding diaryl/α,β-unsaturated/α-hetero) is 1. The first-order chi connectivity index (χ1) is 10.6. The number of anilines is 1. The van der Waals surface area contributed by atoms with E-state index >= 15 is 0 Å². The number of ketones is 1. The Bertz CT molecular complexity index is 703. The Balaban J connectivity index is 1.92. The Morgan fingerprint density at radius 2 is 2.45 bits per heavy atom. The molecule has 1 N–H and O–H groups in total. The minimum absolute atomic E-state index is 0.169. The average molecular weight is 351 g/mol. The number of aryl methyl sites for hydroxylation is 1. The van der Waals surface area contributed by atoms with Crippen LogP contribution in [0.4, 0.5) is 5.13 Å². The Kier molecular flexibility index (Phi) is 6.06. The normalized spacial score (nSPS) is 11.6. The number of hydrogen-bond donors (Lipinski definition) is 1. The Morgan fingerprint density at radius 1 is 1.64 bits per heavy atom. The standard InChI is InChI=1S/C13H13N5OS3/c1-3-4-15-12-17-18-13(22-12)21-7-10(19)9(5-14)11-16-8(2)6-20-11/h3,6,9H,1,4,7H2,2H3,(H,15,17)/t9-/m0/s1. The molecule has 22 heavy (non-hydrogen) atoms. The summed E-state index contributed by atoms with van der Waals surface area (Å²) in [5.41, 5.74) is 0.822. The maximum absolute atomic E-state index is 12.2. The number of nitrogens with zero attached hydrogens (tertiary/aromatic N) is 4. The number of rotatable bonds is 8. The van der Waals surface area contributed by atoms with Gasteiger partial charge in [0.1, 0.15) is 5.01 Å². The molecule has 9 heteroatoms. The lowest BCUT2D eigenvalue weighted by Crippen LogP contribution is -2.13. The predicted octanol–water partition coefficient (Wildman–Crippen LogP) is 2.87. The van der Waals surface area contributed by atoms with E-state index in [1.54, 1.807) is 6.08 Å². The molecule has 0 aliphatic carbocycles. The molecule has 1 atom stereocenters. The Labute approximate surface area is 140 Å². The number of nitrogens with one attached hydrogen (secondary N) is 1. The molecule has 0 amide bonds. The average Bonchev–Trinajstić information content (AvgIpc) is 3.13. The van der Waals surface area contributed by atoms with Crippen LogP contribution in [0.3, 0.4) is 0 Å². The summed E-state index contributed by atoms with van der Waals surface area (Å²) < 4.78 is 0.687. The van der Waals surface area contributed by atoms with Crippen molar-refractivity contribution < 1.29 is 4.79 Å². The zero-order valence-electron chi connectivity index (χ0n) is 11.8. The number of aromatic nitrogens is 3. The van der Waals surface area contributed by atoms with Crippen molar-refractivity contribution in [1.29, 1.82) is 5.26 Å². The molecule has 0 spiro atoms. The summed E-state index contributed by atoms with van der Waals surface area (Å²) in [6, 6.07) is 2.03. The van der Waals surface area contributed by atoms with E-state index in [9.17, 15) is 10.1 Å². The van der Waals surface area contributed by atoms with Crippen molar-refractivity contribution in [2.45, 2.75) is 17.2 Å². The van der Waals surface area contributed by atoms with Crippen LogP contribution in [0.1, 0.15) is 16.6 Å². The molecule has 0 bridgehead atoms. The molecule has 2 rings (SSSR count). The van der Waals surface area contributed by atoms with Crippen LogP contribution in [0.5, 0.6) is 0 Å². The third-order valence-corrected chi connectivity index (χ3v) is 5.54. The lowest BCUT2D eigenvalue weighted by atomic mass is 10.1. The second-order valence-electron chi connectivity index (χ2n) is 4.19. The van der Waals surface area contributed by atoms with Gasteiger partial charge in [-0.1, -0.05) is 29.2 Å². The predicted molar refractivity (Wildman–Crippen MR) is 89.5 cm³/mol. The molecule has 0 aliphatic heterocycles. The van der Waals surface area contributed by atoms with Crippen molar-refractivity contribution in [2.75, 3.05) is 17.6 Å². The summed E-state index contributed by atoms with van der Waals surface area (Å²) in [5.74, 6) is -0.803. The van der Waals surface area contributed by atoms with E-state index in [0.717, 1.165) is 5.69 Å². The number of thioether (sulfide) groups is 1. The minimum Gasteiger partial charge on any atom is -0.357 e. The van der Waals surface area contributed by atoms with E-state index in [2.05, 4.69) is 27.1 Å². The van der Waals surface area contributed by atoms with Crippen molar-refractivity contribution in [2.24, 2.45) is 0 Å². The van der Waals surface area contributed by atoms with E-state index in [-0.39, 0.29) is 11.5 Å². The molecule has 0 radical (unpaired) electrons. The van der Waals surface area contributed by atoms with Gasteiger partial charge in [-0.2, -0.15) is 5.26 Å². The zero-order valence-corrected chi connectivity index (χ0v) is 14.2. The molecule has 6 nitrogen and oxygen atoms in total. The van der Waals surface area contributed by atoms with Gasteiger partial charge in [-0.3, -0.25) is 4.79 Å². The van der Waals surface area contributed by atoms with E-state index < -0.39 is 5.92 Å². The van der Waals surface area contributed by atoms with Gasteiger partial charge in [0, 0.05) is 17.6 Å². The van der Waals surface area contributed by atoms with Crippen LogP contribution < -0.4 is 5.32 Å². The third-order valence-electron chi connectivity index (χ3n) is 2.48. The monoisotopic (exact) mass is 351 g/mol. The van der Waals surface area contributed by atoms with Crippen LogP contribution in [-0.4, -0.2) is 33.3 Å². The summed E-state index contributed by atoms with van der Waals surface area (Å²) in [6.45, 7) is 6.06. The van der Waals surface area contributed by atoms with Gasteiger partial charge < -0.3 is 5.32 Å².